The molecule has 0 saturated heterocycles. The molecule has 1 fully saturated rings. The molecule has 5 rings (SSSR count). The summed E-state index contributed by atoms with van der Waals surface area (Å²) in [5, 5.41) is 6.81. The Bertz CT molecular complexity index is 1000. The molecule has 170 valence electrons. The van der Waals surface area contributed by atoms with Gasteiger partial charge in [-0.2, -0.15) is 0 Å². The second-order valence-electron chi connectivity index (χ2n) is 8.78. The first-order valence-electron chi connectivity index (χ1n) is 11.3. The molecule has 2 aromatic rings. The molecule has 1 aliphatic carbocycles. The molecule has 32 heavy (non-hydrogen) atoms. The van der Waals surface area contributed by atoms with Gasteiger partial charge in [-0.05, 0) is 49.8 Å². The van der Waals surface area contributed by atoms with Crippen molar-refractivity contribution in [2.45, 2.75) is 50.2 Å². The number of hydrogen-bond donors (Lipinski definition) is 2. The van der Waals surface area contributed by atoms with E-state index < -0.39 is 0 Å². The number of anilines is 1. The maximum atomic E-state index is 12.9. The highest BCUT2D eigenvalue weighted by Crippen LogP contribution is 2.46. The van der Waals surface area contributed by atoms with Gasteiger partial charge >= 0.3 is 0 Å². The van der Waals surface area contributed by atoms with Crippen LogP contribution in [-0.4, -0.2) is 37.6 Å². The molecular weight excluding hydrogens is 515 g/mol. The molecule has 2 aliphatic heterocycles. The fraction of sp³-hybridized carbons (Fsp3) is 0.440. The first-order chi connectivity index (χ1) is 15.2. The summed E-state index contributed by atoms with van der Waals surface area (Å²) in [7, 11) is 1.75. The smallest absolute Gasteiger partial charge is 0.246 e. The summed E-state index contributed by atoms with van der Waals surface area (Å²) in [5.41, 5.74) is 3.33. The molecule has 3 aliphatic rings. The summed E-state index contributed by atoms with van der Waals surface area (Å²) in [5.74, 6) is 1.68. The molecule has 6 nitrogen and oxygen atoms in total. The van der Waals surface area contributed by atoms with Gasteiger partial charge in [0.1, 0.15) is 11.4 Å². The van der Waals surface area contributed by atoms with Crippen molar-refractivity contribution in [1.82, 2.24) is 10.6 Å². The maximum Gasteiger partial charge on any atom is 0.246 e. The highest BCUT2D eigenvalue weighted by atomic mass is 127. The van der Waals surface area contributed by atoms with Crippen LogP contribution in [0.15, 0.2) is 53.5 Å². The molecular formula is C25H31IN4O2. The molecule has 1 spiro atoms. The topological polar surface area (TPSA) is 66.0 Å². The van der Waals surface area contributed by atoms with Crippen molar-refractivity contribution in [2.75, 3.05) is 25.0 Å². The molecule has 2 heterocycles. The Hall–Kier alpha value is -2.29. The van der Waals surface area contributed by atoms with Crippen molar-refractivity contribution in [3.63, 3.8) is 0 Å². The van der Waals surface area contributed by atoms with Gasteiger partial charge < -0.3 is 20.3 Å². The van der Waals surface area contributed by atoms with E-state index in [0.29, 0.717) is 5.96 Å². The standard InChI is InChI=1S/C25H30N4O2.HI/c1-26-24(27-17-23(30)29-15-12-18-8-2-4-10-21(18)29)28-20-16-25(13-6-7-14-25)31-22-11-5-3-9-19(20)22;/h2-5,8-11,20H,6-7,12-17H2,1H3,(H2,26,27,28);1H. The Morgan fingerprint density at radius 2 is 1.91 bits per heavy atom. The fourth-order valence-electron chi connectivity index (χ4n) is 5.28. The Morgan fingerprint density at radius 1 is 1.16 bits per heavy atom. The average molecular weight is 546 g/mol. The Labute approximate surface area is 206 Å². The number of aliphatic imine (C=N–C) groups is 1. The number of guanidine groups is 1. The largest absolute Gasteiger partial charge is 0.487 e. The maximum absolute atomic E-state index is 12.9. The number of fused-ring (bicyclic) bond motifs is 2. The number of ether oxygens (including phenoxy) is 1. The average Bonchev–Trinajstić information content (AvgIpc) is 3.43. The predicted molar refractivity (Wildman–Crippen MR) is 138 cm³/mol. The van der Waals surface area contributed by atoms with E-state index >= 15 is 0 Å². The summed E-state index contributed by atoms with van der Waals surface area (Å²) < 4.78 is 6.46. The van der Waals surface area contributed by atoms with E-state index in [0.717, 1.165) is 49.2 Å². The molecule has 1 unspecified atom stereocenters. The molecule has 2 N–H and O–H groups in total. The van der Waals surface area contributed by atoms with Crippen LogP contribution in [0.2, 0.25) is 0 Å². The summed E-state index contributed by atoms with van der Waals surface area (Å²) >= 11 is 0. The van der Waals surface area contributed by atoms with Crippen LogP contribution in [0.3, 0.4) is 0 Å². The Kier molecular flexibility index (Phi) is 6.93. The molecule has 1 atom stereocenters. The van der Waals surface area contributed by atoms with Crippen LogP contribution in [0.5, 0.6) is 5.75 Å². The van der Waals surface area contributed by atoms with Crippen LogP contribution in [0.1, 0.15) is 49.3 Å². The van der Waals surface area contributed by atoms with E-state index in [2.05, 4.69) is 33.8 Å². The highest BCUT2D eigenvalue weighted by molar-refractivity contribution is 14.0. The molecule has 0 aromatic heterocycles. The van der Waals surface area contributed by atoms with Gasteiger partial charge in [-0.3, -0.25) is 9.79 Å². The van der Waals surface area contributed by atoms with E-state index in [1.807, 2.05) is 35.2 Å². The summed E-state index contributed by atoms with van der Waals surface area (Å²) in [6.07, 6.45) is 6.45. The van der Waals surface area contributed by atoms with Crippen LogP contribution in [0.4, 0.5) is 5.69 Å². The Morgan fingerprint density at radius 3 is 2.72 bits per heavy atom. The van der Waals surface area contributed by atoms with Gasteiger partial charge in [-0.25, -0.2) is 0 Å². The van der Waals surface area contributed by atoms with E-state index in [9.17, 15) is 4.79 Å². The zero-order chi connectivity index (χ0) is 21.3. The third-order valence-electron chi connectivity index (χ3n) is 6.84. The number of carbonyl (C=O) groups excluding carboxylic acids is 1. The van der Waals surface area contributed by atoms with Gasteiger partial charge in [0, 0.05) is 31.3 Å². The minimum atomic E-state index is -0.0834. The lowest BCUT2D eigenvalue weighted by atomic mass is 9.86. The van der Waals surface area contributed by atoms with Crippen molar-refractivity contribution in [1.29, 1.82) is 0 Å². The molecule has 0 bridgehead atoms. The van der Waals surface area contributed by atoms with Crippen LogP contribution >= 0.6 is 24.0 Å². The molecule has 0 radical (unpaired) electrons. The number of carbonyl (C=O) groups is 1. The number of amides is 1. The monoisotopic (exact) mass is 546 g/mol. The van der Waals surface area contributed by atoms with Gasteiger partial charge in [-0.15, -0.1) is 24.0 Å². The quantitative estimate of drug-likeness (QED) is 0.344. The minimum Gasteiger partial charge on any atom is -0.487 e. The lowest BCUT2D eigenvalue weighted by Crippen LogP contribution is -2.48. The van der Waals surface area contributed by atoms with E-state index in [-0.39, 0.29) is 48.1 Å². The minimum absolute atomic E-state index is 0. The van der Waals surface area contributed by atoms with Gasteiger partial charge in [0.05, 0.1) is 12.6 Å². The number of nitrogens with zero attached hydrogens (tertiary/aromatic N) is 2. The number of halogens is 1. The first kappa shape index (κ1) is 22.9. The lowest BCUT2D eigenvalue weighted by Gasteiger charge is -2.40. The number of benzene rings is 2. The fourth-order valence-corrected chi connectivity index (χ4v) is 5.28. The van der Waals surface area contributed by atoms with Crippen molar-refractivity contribution in [3.8, 4) is 5.75 Å². The molecule has 1 amide bonds. The van der Waals surface area contributed by atoms with Gasteiger partial charge in [0.15, 0.2) is 5.96 Å². The van der Waals surface area contributed by atoms with Gasteiger partial charge in [-0.1, -0.05) is 36.4 Å². The second kappa shape index (κ2) is 9.68. The number of rotatable bonds is 3. The summed E-state index contributed by atoms with van der Waals surface area (Å²) in [6.45, 7) is 0.950. The summed E-state index contributed by atoms with van der Waals surface area (Å²) in [6, 6.07) is 16.5. The molecule has 1 saturated carbocycles. The lowest BCUT2D eigenvalue weighted by molar-refractivity contribution is -0.117. The number of nitrogens with one attached hydrogen (secondary N) is 2. The van der Waals surface area contributed by atoms with E-state index in [1.54, 1.807) is 7.05 Å². The number of para-hydroxylation sites is 2. The zero-order valence-electron chi connectivity index (χ0n) is 18.5. The van der Waals surface area contributed by atoms with Crippen LogP contribution in [0.25, 0.3) is 0 Å². The van der Waals surface area contributed by atoms with Crippen LogP contribution in [-0.2, 0) is 11.2 Å². The van der Waals surface area contributed by atoms with Crippen molar-refractivity contribution < 1.29 is 9.53 Å². The van der Waals surface area contributed by atoms with Crippen LogP contribution in [0, 0.1) is 0 Å². The third kappa shape index (κ3) is 4.44. The molecule has 2 aromatic carbocycles. The number of hydrogen-bond acceptors (Lipinski definition) is 3. The zero-order valence-corrected chi connectivity index (χ0v) is 20.8. The normalized spacial score (nSPS) is 20.7. The molecule has 7 heteroatoms. The van der Waals surface area contributed by atoms with E-state index in [1.165, 1.54) is 18.4 Å². The van der Waals surface area contributed by atoms with Gasteiger partial charge in [0.25, 0.3) is 0 Å². The van der Waals surface area contributed by atoms with Gasteiger partial charge in [0.2, 0.25) is 5.91 Å². The predicted octanol–water partition coefficient (Wildman–Crippen LogP) is 4.20. The van der Waals surface area contributed by atoms with Crippen molar-refractivity contribution in [3.05, 3.63) is 59.7 Å². The SMILES string of the molecule is CN=C(NCC(=O)N1CCc2ccccc21)NC1CC2(CCCC2)Oc2ccccc21.I. The third-order valence-corrected chi connectivity index (χ3v) is 6.84. The van der Waals surface area contributed by atoms with Crippen molar-refractivity contribution >= 4 is 41.5 Å². The first-order valence-corrected chi connectivity index (χ1v) is 11.3. The second-order valence-corrected chi connectivity index (χ2v) is 8.78. The van der Waals surface area contributed by atoms with Crippen molar-refractivity contribution in [2.24, 2.45) is 4.99 Å². The van der Waals surface area contributed by atoms with Crippen LogP contribution < -0.4 is 20.3 Å². The van der Waals surface area contributed by atoms with E-state index in [4.69, 9.17) is 4.74 Å². The highest BCUT2D eigenvalue weighted by Gasteiger charge is 2.43. The Balaban J connectivity index is 0.00000245. The summed E-state index contributed by atoms with van der Waals surface area (Å²) in [4.78, 5) is 19.1.